The number of rotatable bonds is 8. The molecule has 2 heterocycles. The number of anilines is 2. The van der Waals surface area contributed by atoms with Crippen molar-refractivity contribution in [1.29, 1.82) is 0 Å². The van der Waals surface area contributed by atoms with Crippen molar-refractivity contribution in [2.45, 2.75) is 52.1 Å². The van der Waals surface area contributed by atoms with Crippen LogP contribution in [-0.2, 0) is 4.74 Å². The average molecular weight is 501 g/mol. The highest BCUT2D eigenvalue weighted by Gasteiger charge is 2.22. The van der Waals surface area contributed by atoms with Crippen molar-refractivity contribution < 1.29 is 9.53 Å². The second-order valence-corrected chi connectivity index (χ2v) is 10.9. The molecule has 1 saturated heterocycles. The molecule has 0 saturated carbocycles. The second-order valence-electron chi connectivity index (χ2n) is 10.9. The van der Waals surface area contributed by atoms with E-state index in [1.807, 2.05) is 57.2 Å². The number of likely N-dealkylation sites (tertiary alicyclic amines) is 1. The van der Waals surface area contributed by atoms with Gasteiger partial charge in [0, 0.05) is 24.4 Å². The number of carbonyl (C=O) groups excluding carboxylic acids is 1. The summed E-state index contributed by atoms with van der Waals surface area (Å²) in [5.41, 5.74) is 5.68. The van der Waals surface area contributed by atoms with Crippen LogP contribution in [0.1, 0.15) is 62.4 Å². The lowest BCUT2D eigenvalue weighted by Gasteiger charge is -2.33. The molecule has 37 heavy (non-hydrogen) atoms. The van der Waals surface area contributed by atoms with E-state index in [9.17, 15) is 4.79 Å². The number of hydrogen-bond donors (Lipinski definition) is 3. The van der Waals surface area contributed by atoms with Gasteiger partial charge in [-0.15, -0.1) is 0 Å². The maximum Gasteiger partial charge on any atom is 0.255 e. The molecule has 6 heteroatoms. The number of benzene rings is 2. The summed E-state index contributed by atoms with van der Waals surface area (Å²) in [4.78, 5) is 15.6. The van der Waals surface area contributed by atoms with Crippen molar-refractivity contribution in [2.24, 2.45) is 0 Å². The van der Waals surface area contributed by atoms with Crippen molar-refractivity contribution in [3.05, 3.63) is 95.5 Å². The van der Waals surface area contributed by atoms with E-state index in [2.05, 4.69) is 58.6 Å². The van der Waals surface area contributed by atoms with Gasteiger partial charge >= 0.3 is 0 Å². The lowest BCUT2D eigenvalue weighted by Crippen LogP contribution is -2.35. The minimum Gasteiger partial charge on any atom is -0.474 e. The second kappa shape index (κ2) is 11.7. The number of piperidine rings is 1. The number of dihydropyridines is 1. The first-order valence-corrected chi connectivity index (χ1v) is 13.2. The van der Waals surface area contributed by atoms with E-state index in [1.54, 1.807) is 0 Å². The highest BCUT2D eigenvalue weighted by Crippen LogP contribution is 2.29. The fourth-order valence-electron chi connectivity index (χ4n) is 4.84. The smallest absolute Gasteiger partial charge is 0.255 e. The van der Waals surface area contributed by atoms with E-state index < -0.39 is 0 Å². The molecule has 0 aliphatic carbocycles. The predicted molar refractivity (Wildman–Crippen MR) is 153 cm³/mol. The van der Waals surface area contributed by atoms with E-state index in [-0.39, 0.29) is 11.5 Å². The molecule has 0 aromatic heterocycles. The molecular formula is C31H40N4O2. The van der Waals surface area contributed by atoms with Gasteiger partial charge in [-0.25, -0.2) is 0 Å². The fraction of sp³-hybridized carbons (Fsp3) is 0.387. The largest absolute Gasteiger partial charge is 0.474 e. The van der Waals surface area contributed by atoms with Crippen molar-refractivity contribution in [2.75, 3.05) is 36.8 Å². The molecule has 0 spiro atoms. The first-order valence-electron chi connectivity index (χ1n) is 13.2. The molecule has 6 nitrogen and oxygen atoms in total. The van der Waals surface area contributed by atoms with Gasteiger partial charge in [-0.2, -0.15) is 0 Å². The maximum atomic E-state index is 13.0. The minimum absolute atomic E-state index is 0.143. The summed E-state index contributed by atoms with van der Waals surface area (Å²) in [7, 11) is 0. The fourth-order valence-corrected chi connectivity index (χ4v) is 4.84. The Morgan fingerprint density at radius 2 is 1.70 bits per heavy atom. The first-order chi connectivity index (χ1) is 17.7. The van der Waals surface area contributed by atoms with Crippen molar-refractivity contribution in [3.63, 3.8) is 0 Å². The molecule has 4 rings (SSSR count). The molecule has 2 aliphatic heterocycles. The van der Waals surface area contributed by atoms with Crippen molar-refractivity contribution in [1.82, 2.24) is 10.2 Å². The normalized spacial score (nSPS) is 16.8. The Hall–Kier alpha value is -3.51. The van der Waals surface area contributed by atoms with Gasteiger partial charge in [0.2, 0.25) is 0 Å². The SMILES string of the molecule is C=C(Nc1ccccc1NC(=O)c1ccc(C2CCN(CC3=C(C)NCC=C3)CC2)cc1)OC(C)(C)C. The lowest BCUT2D eigenvalue weighted by atomic mass is 9.88. The topological polar surface area (TPSA) is 65.6 Å². The van der Waals surface area contributed by atoms with E-state index in [0.29, 0.717) is 23.1 Å². The van der Waals surface area contributed by atoms with Crippen LogP contribution in [0.15, 0.2) is 84.4 Å². The summed E-state index contributed by atoms with van der Waals surface area (Å²) in [6.45, 7) is 16.1. The van der Waals surface area contributed by atoms with Crippen LogP contribution in [0.25, 0.3) is 0 Å². The molecule has 0 unspecified atom stereocenters. The van der Waals surface area contributed by atoms with Crippen LogP contribution in [0, 0.1) is 0 Å². The Bertz CT molecular complexity index is 1170. The zero-order valence-electron chi connectivity index (χ0n) is 22.6. The van der Waals surface area contributed by atoms with E-state index in [1.165, 1.54) is 16.8 Å². The third-order valence-corrected chi connectivity index (χ3v) is 6.79. The van der Waals surface area contributed by atoms with Crippen LogP contribution in [-0.4, -0.2) is 42.6 Å². The number of nitrogens with one attached hydrogen (secondary N) is 3. The molecule has 2 aliphatic rings. The number of ether oxygens (including phenoxy) is 1. The molecule has 0 atom stereocenters. The Labute approximate surface area is 221 Å². The number of hydrogen-bond acceptors (Lipinski definition) is 5. The molecule has 2 aromatic rings. The number of allylic oxidation sites excluding steroid dienone is 1. The van der Waals surface area contributed by atoms with Crippen LogP contribution < -0.4 is 16.0 Å². The predicted octanol–water partition coefficient (Wildman–Crippen LogP) is 6.25. The zero-order valence-corrected chi connectivity index (χ0v) is 22.6. The molecule has 196 valence electrons. The highest BCUT2D eigenvalue weighted by atomic mass is 16.5. The molecular weight excluding hydrogens is 460 g/mol. The van der Waals surface area contributed by atoms with Crippen LogP contribution in [0.3, 0.4) is 0 Å². The Kier molecular flexibility index (Phi) is 8.39. The van der Waals surface area contributed by atoms with Gasteiger partial charge in [0.15, 0.2) is 5.88 Å². The number of nitrogens with zero attached hydrogens (tertiary/aromatic N) is 1. The third-order valence-electron chi connectivity index (χ3n) is 6.79. The van der Waals surface area contributed by atoms with Crippen LogP contribution in [0.4, 0.5) is 11.4 Å². The van der Waals surface area contributed by atoms with E-state index in [0.717, 1.165) is 44.7 Å². The van der Waals surface area contributed by atoms with Gasteiger partial charge in [0.25, 0.3) is 5.91 Å². The number of carbonyl (C=O) groups is 1. The highest BCUT2D eigenvalue weighted by molar-refractivity contribution is 6.06. The molecule has 0 radical (unpaired) electrons. The van der Waals surface area contributed by atoms with E-state index >= 15 is 0 Å². The maximum absolute atomic E-state index is 13.0. The van der Waals surface area contributed by atoms with Crippen LogP contribution >= 0.6 is 0 Å². The van der Waals surface area contributed by atoms with E-state index in [4.69, 9.17) is 4.74 Å². The third kappa shape index (κ3) is 7.49. The Balaban J connectivity index is 1.32. The van der Waals surface area contributed by atoms with Crippen LogP contribution in [0.2, 0.25) is 0 Å². The molecule has 1 fully saturated rings. The number of amides is 1. The van der Waals surface area contributed by atoms with Gasteiger partial charge in [0.1, 0.15) is 5.60 Å². The summed E-state index contributed by atoms with van der Waals surface area (Å²) in [5.74, 6) is 0.821. The van der Waals surface area contributed by atoms with Crippen LogP contribution in [0.5, 0.6) is 0 Å². The molecule has 0 bridgehead atoms. The molecule has 3 N–H and O–H groups in total. The van der Waals surface area contributed by atoms with Crippen molar-refractivity contribution in [3.8, 4) is 0 Å². The van der Waals surface area contributed by atoms with Gasteiger partial charge in [-0.1, -0.05) is 36.4 Å². The quantitative estimate of drug-likeness (QED) is 0.374. The number of para-hydroxylation sites is 2. The summed E-state index contributed by atoms with van der Waals surface area (Å²) >= 11 is 0. The summed E-state index contributed by atoms with van der Waals surface area (Å²) in [6.07, 6.45) is 6.72. The minimum atomic E-state index is -0.360. The summed E-state index contributed by atoms with van der Waals surface area (Å²) < 4.78 is 5.78. The molecule has 1 amide bonds. The summed E-state index contributed by atoms with van der Waals surface area (Å²) in [5, 5.41) is 9.61. The Morgan fingerprint density at radius 3 is 2.32 bits per heavy atom. The first kappa shape index (κ1) is 26.6. The van der Waals surface area contributed by atoms with Crippen molar-refractivity contribution >= 4 is 17.3 Å². The van der Waals surface area contributed by atoms with Gasteiger partial charge in [-0.05, 0) is 102 Å². The zero-order chi connectivity index (χ0) is 26.4. The Morgan fingerprint density at radius 1 is 1.05 bits per heavy atom. The molecule has 2 aromatic carbocycles. The monoisotopic (exact) mass is 500 g/mol. The lowest BCUT2D eigenvalue weighted by molar-refractivity contribution is 0.0565. The standard InChI is InChI=1S/C31H40N4O2/c1-22-27(9-8-18-32-22)21-35-19-16-25(17-20-35)24-12-14-26(15-13-24)30(36)34-29-11-7-6-10-28(29)33-23(2)37-31(3,4)5/h6-15,25,32-33H,2,16-21H2,1,3-5H3,(H,34,36). The van der Waals surface area contributed by atoms with Gasteiger partial charge in [-0.3, -0.25) is 9.69 Å². The average Bonchev–Trinajstić information content (AvgIpc) is 2.86. The van der Waals surface area contributed by atoms with Gasteiger partial charge < -0.3 is 20.7 Å². The van der Waals surface area contributed by atoms with Gasteiger partial charge in [0.05, 0.1) is 11.4 Å². The summed E-state index contributed by atoms with van der Waals surface area (Å²) in [6, 6.07) is 15.6.